The van der Waals surface area contributed by atoms with Crippen LogP contribution in [-0.2, 0) is 9.53 Å². The van der Waals surface area contributed by atoms with E-state index in [0.29, 0.717) is 17.2 Å². The number of carboxylic acid groups (broad SMARTS) is 1. The Morgan fingerprint density at radius 3 is 2.80 bits per heavy atom. The zero-order valence-electron chi connectivity index (χ0n) is 12.0. The molecule has 0 amide bonds. The number of carboxylic acids is 1. The highest BCUT2D eigenvalue weighted by molar-refractivity contribution is 6.32. The van der Waals surface area contributed by atoms with Gasteiger partial charge < -0.3 is 14.7 Å². The Labute approximate surface area is 124 Å². The lowest BCUT2D eigenvalue weighted by molar-refractivity contribution is -0.131. The van der Waals surface area contributed by atoms with E-state index >= 15 is 0 Å². The minimum atomic E-state index is -0.996. The van der Waals surface area contributed by atoms with E-state index in [1.165, 1.54) is 6.08 Å². The van der Waals surface area contributed by atoms with Crippen LogP contribution in [0.3, 0.4) is 0 Å². The van der Waals surface area contributed by atoms with Crippen LogP contribution in [0.15, 0.2) is 24.3 Å². The van der Waals surface area contributed by atoms with Crippen LogP contribution < -0.4 is 4.90 Å². The summed E-state index contributed by atoms with van der Waals surface area (Å²) in [6.45, 7) is 5.46. The molecule has 4 nitrogen and oxygen atoms in total. The summed E-state index contributed by atoms with van der Waals surface area (Å²) in [5.74, 6) is -0.996. The van der Waals surface area contributed by atoms with Crippen molar-refractivity contribution in [1.82, 2.24) is 0 Å². The Morgan fingerprint density at radius 2 is 2.25 bits per heavy atom. The lowest BCUT2D eigenvalue weighted by Crippen LogP contribution is -2.36. The number of nitrogens with zero attached hydrogens (tertiary/aromatic N) is 1. The second kappa shape index (κ2) is 7.92. The third-order valence-corrected chi connectivity index (χ3v) is 3.34. The second-order valence-electron chi connectivity index (χ2n) is 4.43. The number of hydrogen-bond acceptors (Lipinski definition) is 3. The Morgan fingerprint density at radius 1 is 1.55 bits per heavy atom. The standard InChI is InChI=1S/C15H20ClNO3/c1-4-17(11(2)10-20-3)14-7-5-6-13(16)12(14)8-9-15(18)19/h5-9,11H,4,10H2,1-3H3,(H,18,19). The van der Waals surface area contributed by atoms with E-state index < -0.39 is 5.97 Å². The molecule has 20 heavy (non-hydrogen) atoms. The zero-order chi connectivity index (χ0) is 15.1. The number of likely N-dealkylation sites (N-methyl/N-ethyl adjacent to an activating group) is 1. The zero-order valence-corrected chi connectivity index (χ0v) is 12.7. The molecule has 1 N–H and O–H groups in total. The number of aliphatic carboxylic acids is 1. The first-order valence-corrected chi connectivity index (χ1v) is 6.84. The van der Waals surface area contributed by atoms with E-state index in [4.69, 9.17) is 21.4 Å². The summed E-state index contributed by atoms with van der Waals surface area (Å²) in [6.07, 6.45) is 2.63. The molecule has 0 saturated carbocycles. The van der Waals surface area contributed by atoms with Crippen molar-refractivity contribution in [3.8, 4) is 0 Å². The Balaban J connectivity index is 3.21. The Hall–Kier alpha value is -1.52. The highest BCUT2D eigenvalue weighted by Gasteiger charge is 2.16. The fraction of sp³-hybridized carbons (Fsp3) is 0.400. The predicted octanol–water partition coefficient (Wildman–Crippen LogP) is 3.30. The van der Waals surface area contributed by atoms with E-state index in [1.807, 2.05) is 19.1 Å². The summed E-state index contributed by atoms with van der Waals surface area (Å²) < 4.78 is 5.19. The molecule has 110 valence electrons. The van der Waals surface area contributed by atoms with E-state index in [2.05, 4.69) is 11.8 Å². The Bertz CT molecular complexity index is 488. The molecule has 1 unspecified atom stereocenters. The quantitative estimate of drug-likeness (QED) is 0.785. The van der Waals surface area contributed by atoms with Crippen LogP contribution in [0.1, 0.15) is 19.4 Å². The molecule has 1 atom stereocenters. The minimum absolute atomic E-state index is 0.167. The summed E-state index contributed by atoms with van der Waals surface area (Å²) in [6, 6.07) is 5.71. The molecule has 0 saturated heterocycles. The molecule has 1 rings (SSSR count). The van der Waals surface area contributed by atoms with Gasteiger partial charge in [-0.2, -0.15) is 0 Å². The number of halogens is 1. The molecule has 0 aliphatic heterocycles. The lowest BCUT2D eigenvalue weighted by Gasteiger charge is -2.31. The maximum Gasteiger partial charge on any atom is 0.328 e. The van der Waals surface area contributed by atoms with E-state index in [0.717, 1.165) is 18.3 Å². The first-order chi connectivity index (χ1) is 9.51. The molecule has 0 aromatic heterocycles. The van der Waals surface area contributed by atoms with Crippen molar-refractivity contribution in [3.63, 3.8) is 0 Å². The molecule has 0 fully saturated rings. The SMILES string of the molecule is CCN(c1cccc(Cl)c1C=CC(=O)O)C(C)COC. The van der Waals surface area contributed by atoms with Gasteiger partial charge in [-0.05, 0) is 32.1 Å². The summed E-state index contributed by atoms with van der Waals surface area (Å²) in [7, 11) is 1.66. The molecular weight excluding hydrogens is 278 g/mol. The Kier molecular flexibility index (Phi) is 6.55. The number of hydrogen-bond donors (Lipinski definition) is 1. The third kappa shape index (κ3) is 4.25. The predicted molar refractivity (Wildman–Crippen MR) is 82.5 cm³/mol. The van der Waals surface area contributed by atoms with Crippen molar-refractivity contribution in [3.05, 3.63) is 34.9 Å². The van der Waals surface area contributed by atoms with E-state index in [1.54, 1.807) is 13.2 Å². The fourth-order valence-corrected chi connectivity index (χ4v) is 2.38. The summed E-state index contributed by atoms with van der Waals surface area (Å²) >= 11 is 6.19. The molecule has 0 aliphatic carbocycles. The van der Waals surface area contributed by atoms with Crippen molar-refractivity contribution < 1.29 is 14.6 Å². The number of ether oxygens (including phenoxy) is 1. The van der Waals surface area contributed by atoms with Crippen LogP contribution in [0.4, 0.5) is 5.69 Å². The van der Waals surface area contributed by atoms with Gasteiger partial charge in [0, 0.05) is 42.0 Å². The van der Waals surface area contributed by atoms with Crippen LogP contribution >= 0.6 is 11.6 Å². The lowest BCUT2D eigenvalue weighted by atomic mass is 10.1. The van der Waals surface area contributed by atoms with E-state index in [-0.39, 0.29) is 6.04 Å². The van der Waals surface area contributed by atoms with Crippen LogP contribution in [0.5, 0.6) is 0 Å². The molecule has 1 aromatic rings. The van der Waals surface area contributed by atoms with Gasteiger partial charge in [0.15, 0.2) is 0 Å². The second-order valence-corrected chi connectivity index (χ2v) is 4.84. The highest BCUT2D eigenvalue weighted by Crippen LogP contribution is 2.30. The molecule has 0 spiro atoms. The number of methoxy groups -OCH3 is 1. The molecule has 1 aromatic carbocycles. The van der Waals surface area contributed by atoms with Crippen molar-refractivity contribution in [2.75, 3.05) is 25.2 Å². The normalized spacial score (nSPS) is 12.6. The number of rotatable bonds is 7. The van der Waals surface area contributed by atoms with E-state index in [9.17, 15) is 4.79 Å². The van der Waals surface area contributed by atoms with Gasteiger partial charge in [0.2, 0.25) is 0 Å². The van der Waals surface area contributed by atoms with Gasteiger partial charge >= 0.3 is 5.97 Å². The van der Waals surface area contributed by atoms with Crippen molar-refractivity contribution in [1.29, 1.82) is 0 Å². The summed E-state index contributed by atoms with van der Waals surface area (Å²) in [5.41, 5.74) is 1.61. The van der Waals surface area contributed by atoms with Crippen LogP contribution in [0.25, 0.3) is 6.08 Å². The average Bonchev–Trinajstić information content (AvgIpc) is 2.39. The van der Waals surface area contributed by atoms with Gasteiger partial charge in [0.1, 0.15) is 0 Å². The molecular formula is C15H20ClNO3. The van der Waals surface area contributed by atoms with Crippen molar-refractivity contribution in [2.24, 2.45) is 0 Å². The molecule has 0 radical (unpaired) electrons. The van der Waals surface area contributed by atoms with Crippen molar-refractivity contribution >= 4 is 29.3 Å². The maximum absolute atomic E-state index is 10.7. The minimum Gasteiger partial charge on any atom is -0.478 e. The molecule has 0 aliphatic rings. The number of benzene rings is 1. The van der Waals surface area contributed by atoms with Crippen LogP contribution in [-0.4, -0.2) is 37.4 Å². The first-order valence-electron chi connectivity index (χ1n) is 6.46. The number of carbonyl (C=O) groups is 1. The van der Waals surface area contributed by atoms with Gasteiger partial charge in [0.05, 0.1) is 6.61 Å². The fourth-order valence-electron chi connectivity index (χ4n) is 2.15. The maximum atomic E-state index is 10.7. The van der Waals surface area contributed by atoms with Gasteiger partial charge in [-0.1, -0.05) is 17.7 Å². The third-order valence-electron chi connectivity index (χ3n) is 3.01. The highest BCUT2D eigenvalue weighted by atomic mass is 35.5. The number of anilines is 1. The molecule has 5 heteroatoms. The van der Waals surface area contributed by atoms with Crippen LogP contribution in [0.2, 0.25) is 5.02 Å². The van der Waals surface area contributed by atoms with Gasteiger partial charge in [-0.3, -0.25) is 0 Å². The average molecular weight is 298 g/mol. The summed E-state index contributed by atoms with van der Waals surface area (Å²) in [5, 5.41) is 9.31. The largest absolute Gasteiger partial charge is 0.478 e. The topological polar surface area (TPSA) is 49.8 Å². The van der Waals surface area contributed by atoms with Crippen LogP contribution in [0, 0.1) is 0 Å². The van der Waals surface area contributed by atoms with Gasteiger partial charge in [-0.15, -0.1) is 0 Å². The summed E-state index contributed by atoms with van der Waals surface area (Å²) in [4.78, 5) is 12.8. The monoisotopic (exact) mass is 297 g/mol. The van der Waals surface area contributed by atoms with Crippen molar-refractivity contribution in [2.45, 2.75) is 19.9 Å². The molecule has 0 heterocycles. The van der Waals surface area contributed by atoms with Gasteiger partial charge in [0.25, 0.3) is 0 Å². The smallest absolute Gasteiger partial charge is 0.328 e. The first kappa shape index (κ1) is 16.5. The van der Waals surface area contributed by atoms with Gasteiger partial charge in [-0.25, -0.2) is 4.79 Å². The molecule has 0 bridgehead atoms.